The minimum atomic E-state index is -4.68. The van der Waals surface area contributed by atoms with Crippen LogP contribution in [-0.2, 0) is 0 Å². The number of alkyl halides is 3. The summed E-state index contributed by atoms with van der Waals surface area (Å²) in [5.74, 6) is -1.94. The maximum absolute atomic E-state index is 13.6. The summed E-state index contributed by atoms with van der Waals surface area (Å²) in [6, 6.07) is 2.22. The molecule has 100 valence electrons. The third-order valence-corrected chi connectivity index (χ3v) is 2.83. The molecule has 8 heteroatoms. The SMILES string of the molecule is CC(Oc1c(C(=O)Cl)ccc(Br)c1F)C(F)(F)F. The lowest BCUT2D eigenvalue weighted by Gasteiger charge is -2.19. The van der Waals surface area contributed by atoms with Crippen LogP contribution in [0.5, 0.6) is 5.75 Å². The molecule has 0 aliphatic rings. The van der Waals surface area contributed by atoms with Gasteiger partial charge in [0.15, 0.2) is 17.7 Å². The van der Waals surface area contributed by atoms with E-state index in [-0.39, 0.29) is 4.47 Å². The zero-order chi connectivity index (χ0) is 14.1. The number of benzene rings is 1. The van der Waals surface area contributed by atoms with E-state index in [1.165, 1.54) is 0 Å². The van der Waals surface area contributed by atoms with Gasteiger partial charge in [-0.1, -0.05) is 0 Å². The van der Waals surface area contributed by atoms with Gasteiger partial charge in [-0.05, 0) is 46.6 Å². The van der Waals surface area contributed by atoms with E-state index in [0.717, 1.165) is 12.1 Å². The van der Waals surface area contributed by atoms with E-state index in [9.17, 15) is 22.4 Å². The fraction of sp³-hybridized carbons (Fsp3) is 0.300. The van der Waals surface area contributed by atoms with Gasteiger partial charge in [0.25, 0.3) is 5.24 Å². The molecule has 0 aliphatic carbocycles. The first-order chi connectivity index (χ1) is 8.14. The average molecular weight is 350 g/mol. The van der Waals surface area contributed by atoms with Crippen LogP contribution in [0.1, 0.15) is 17.3 Å². The molecule has 0 amide bonds. The number of rotatable bonds is 3. The molecule has 0 aromatic heterocycles. The number of ether oxygens (including phenoxy) is 1. The highest BCUT2D eigenvalue weighted by atomic mass is 79.9. The molecule has 0 saturated heterocycles. The van der Waals surface area contributed by atoms with Gasteiger partial charge in [-0.15, -0.1) is 0 Å². The third kappa shape index (κ3) is 3.35. The molecule has 0 heterocycles. The maximum Gasteiger partial charge on any atom is 0.425 e. The van der Waals surface area contributed by atoms with E-state index >= 15 is 0 Å². The lowest BCUT2D eigenvalue weighted by Crippen LogP contribution is -2.32. The summed E-state index contributed by atoms with van der Waals surface area (Å²) in [6.45, 7) is 0.697. The topological polar surface area (TPSA) is 26.3 Å². The van der Waals surface area contributed by atoms with Gasteiger partial charge in [-0.3, -0.25) is 4.79 Å². The van der Waals surface area contributed by atoms with Gasteiger partial charge >= 0.3 is 6.18 Å². The van der Waals surface area contributed by atoms with Gasteiger partial charge in [0, 0.05) is 0 Å². The van der Waals surface area contributed by atoms with Crippen molar-refractivity contribution in [3.63, 3.8) is 0 Å². The number of hydrogen-bond acceptors (Lipinski definition) is 2. The van der Waals surface area contributed by atoms with Crippen LogP contribution < -0.4 is 4.74 Å². The van der Waals surface area contributed by atoms with Gasteiger partial charge in [0.05, 0.1) is 10.0 Å². The van der Waals surface area contributed by atoms with Crippen molar-refractivity contribution in [2.75, 3.05) is 0 Å². The summed E-state index contributed by atoms with van der Waals surface area (Å²) in [7, 11) is 0. The van der Waals surface area contributed by atoms with Gasteiger partial charge in [-0.25, -0.2) is 4.39 Å². The number of carbonyl (C=O) groups excluding carboxylic acids is 1. The van der Waals surface area contributed by atoms with Crippen molar-refractivity contribution >= 4 is 32.8 Å². The molecule has 18 heavy (non-hydrogen) atoms. The predicted octanol–water partition coefficient (Wildman–Crippen LogP) is 4.30. The minimum absolute atomic E-state index is 0.131. The summed E-state index contributed by atoms with van der Waals surface area (Å²) in [5, 5.41) is -1.11. The molecule has 0 aliphatic heterocycles. The Bertz CT molecular complexity index is 476. The first-order valence-corrected chi connectivity index (χ1v) is 5.73. The molecule has 0 saturated carbocycles. The highest BCUT2D eigenvalue weighted by Crippen LogP contribution is 2.33. The quantitative estimate of drug-likeness (QED) is 0.601. The number of hydrogen-bond donors (Lipinski definition) is 0. The predicted molar refractivity (Wildman–Crippen MR) is 60.4 cm³/mol. The Balaban J connectivity index is 3.22. The van der Waals surface area contributed by atoms with Crippen molar-refractivity contribution in [3.05, 3.63) is 28.0 Å². The lowest BCUT2D eigenvalue weighted by molar-refractivity contribution is -0.189. The van der Waals surface area contributed by atoms with E-state index in [4.69, 9.17) is 11.6 Å². The van der Waals surface area contributed by atoms with E-state index in [1.54, 1.807) is 0 Å². The highest BCUT2D eigenvalue weighted by Gasteiger charge is 2.39. The van der Waals surface area contributed by atoms with E-state index < -0.39 is 34.7 Å². The van der Waals surface area contributed by atoms with Crippen molar-refractivity contribution in [2.24, 2.45) is 0 Å². The molecule has 0 spiro atoms. The van der Waals surface area contributed by atoms with Gasteiger partial charge in [-0.2, -0.15) is 13.2 Å². The third-order valence-electron chi connectivity index (χ3n) is 2.02. The Morgan fingerprint density at radius 3 is 2.44 bits per heavy atom. The Morgan fingerprint density at radius 1 is 1.44 bits per heavy atom. The second kappa shape index (κ2) is 5.44. The minimum Gasteiger partial charge on any atom is -0.477 e. The van der Waals surface area contributed by atoms with Crippen LogP contribution in [0, 0.1) is 5.82 Å². The molecule has 1 aromatic rings. The molecule has 1 atom stereocenters. The zero-order valence-corrected chi connectivity index (χ0v) is 11.2. The van der Waals surface area contributed by atoms with Crippen LogP contribution in [-0.4, -0.2) is 17.5 Å². The van der Waals surface area contributed by atoms with Crippen molar-refractivity contribution in [1.82, 2.24) is 0 Å². The lowest BCUT2D eigenvalue weighted by atomic mass is 10.2. The summed E-state index contributed by atoms with van der Waals surface area (Å²) in [4.78, 5) is 11.0. The monoisotopic (exact) mass is 348 g/mol. The fourth-order valence-electron chi connectivity index (χ4n) is 1.05. The summed E-state index contributed by atoms with van der Waals surface area (Å²) >= 11 is 7.93. The number of carbonyl (C=O) groups is 1. The largest absolute Gasteiger partial charge is 0.477 e. The summed E-state index contributed by atoms with van der Waals surface area (Å²) < 4.78 is 54.9. The first-order valence-electron chi connectivity index (χ1n) is 4.55. The molecule has 0 N–H and O–H groups in total. The zero-order valence-electron chi connectivity index (χ0n) is 8.82. The first kappa shape index (κ1) is 15.2. The second-order valence-corrected chi connectivity index (χ2v) is 4.51. The molecule has 0 bridgehead atoms. The smallest absolute Gasteiger partial charge is 0.425 e. The average Bonchev–Trinajstić information content (AvgIpc) is 2.23. The fourth-order valence-corrected chi connectivity index (χ4v) is 1.51. The second-order valence-electron chi connectivity index (χ2n) is 3.31. The van der Waals surface area contributed by atoms with Gasteiger partial charge in [0.2, 0.25) is 0 Å². The maximum atomic E-state index is 13.6. The molecule has 1 aromatic carbocycles. The molecule has 2 nitrogen and oxygen atoms in total. The van der Waals surface area contributed by atoms with Crippen LogP contribution in [0.4, 0.5) is 17.6 Å². The molecule has 0 radical (unpaired) electrons. The van der Waals surface area contributed by atoms with Crippen LogP contribution >= 0.6 is 27.5 Å². The Hall–Kier alpha value is -0.820. The molecular formula is C10H6BrClF4O2. The molecule has 1 rings (SSSR count). The van der Waals surface area contributed by atoms with Gasteiger partial charge in [0.1, 0.15) is 0 Å². The van der Waals surface area contributed by atoms with Crippen molar-refractivity contribution in [2.45, 2.75) is 19.2 Å². The van der Waals surface area contributed by atoms with Crippen molar-refractivity contribution in [1.29, 1.82) is 0 Å². The van der Waals surface area contributed by atoms with Crippen molar-refractivity contribution < 1.29 is 27.1 Å². The standard InChI is InChI=1S/C10H6BrClF4O2/c1-4(10(14,15)16)18-8-5(9(12)17)2-3-6(11)7(8)13/h2-4H,1H3. The normalized spacial score (nSPS) is 13.3. The molecule has 0 fully saturated rings. The van der Waals surface area contributed by atoms with E-state index in [1.807, 2.05) is 0 Å². The molecule has 1 unspecified atom stereocenters. The summed E-state index contributed by atoms with van der Waals surface area (Å²) in [5.41, 5.74) is -0.464. The van der Waals surface area contributed by atoms with E-state index in [2.05, 4.69) is 20.7 Å². The summed E-state index contributed by atoms with van der Waals surface area (Å²) in [6.07, 6.45) is -6.95. The number of halogens is 6. The van der Waals surface area contributed by atoms with E-state index in [0.29, 0.717) is 6.92 Å². The van der Waals surface area contributed by atoms with Gasteiger partial charge < -0.3 is 4.74 Å². The highest BCUT2D eigenvalue weighted by molar-refractivity contribution is 9.10. The van der Waals surface area contributed by atoms with Crippen LogP contribution in [0.25, 0.3) is 0 Å². The molecular weight excluding hydrogens is 343 g/mol. The van der Waals surface area contributed by atoms with Crippen LogP contribution in [0.2, 0.25) is 0 Å². The Labute approximate surface area is 113 Å². The Kier molecular flexibility index (Phi) is 4.61. The Morgan fingerprint density at radius 2 is 2.00 bits per heavy atom. The van der Waals surface area contributed by atoms with Crippen molar-refractivity contribution in [3.8, 4) is 5.75 Å². The van der Waals surface area contributed by atoms with Crippen LogP contribution in [0.15, 0.2) is 16.6 Å². The van der Waals surface area contributed by atoms with Crippen LogP contribution in [0.3, 0.4) is 0 Å².